The molecule has 0 N–H and O–H groups in total. The first-order valence-electron chi connectivity index (χ1n) is 9.24. The fourth-order valence-electron chi connectivity index (χ4n) is 3.34. The molecular formula is C17H23N7O2S. The highest BCUT2D eigenvalue weighted by Crippen LogP contribution is 2.19. The maximum Gasteiger partial charge on any atom is 0.233 e. The molecule has 4 rings (SSSR count). The van der Waals surface area contributed by atoms with Gasteiger partial charge < -0.3 is 14.5 Å². The molecule has 10 heteroatoms. The summed E-state index contributed by atoms with van der Waals surface area (Å²) in [6.45, 7) is 4.45. The SMILES string of the molecule is O=C(CSc1nnnn1C[C@@H]1CCCO1)N1CCN(c2ccccn2)CC1. The van der Waals surface area contributed by atoms with E-state index in [4.69, 9.17) is 4.74 Å². The van der Waals surface area contributed by atoms with Crippen molar-refractivity contribution in [1.29, 1.82) is 0 Å². The van der Waals surface area contributed by atoms with E-state index in [1.807, 2.05) is 23.1 Å². The minimum absolute atomic E-state index is 0.118. The van der Waals surface area contributed by atoms with Gasteiger partial charge in [0.05, 0.1) is 18.4 Å². The van der Waals surface area contributed by atoms with E-state index >= 15 is 0 Å². The van der Waals surface area contributed by atoms with Crippen molar-refractivity contribution in [2.75, 3.05) is 43.4 Å². The van der Waals surface area contributed by atoms with Gasteiger partial charge in [-0.15, -0.1) is 5.10 Å². The van der Waals surface area contributed by atoms with Gasteiger partial charge in [0, 0.05) is 39.0 Å². The topological polar surface area (TPSA) is 89.3 Å². The molecule has 0 spiro atoms. The Morgan fingerprint density at radius 2 is 2.15 bits per heavy atom. The summed E-state index contributed by atoms with van der Waals surface area (Å²) < 4.78 is 7.38. The molecular weight excluding hydrogens is 366 g/mol. The first-order valence-corrected chi connectivity index (χ1v) is 10.2. The summed E-state index contributed by atoms with van der Waals surface area (Å²) in [5.74, 6) is 1.43. The maximum atomic E-state index is 12.6. The molecule has 0 saturated carbocycles. The Bertz CT molecular complexity index is 743. The predicted molar refractivity (Wildman–Crippen MR) is 101 cm³/mol. The quantitative estimate of drug-likeness (QED) is 0.667. The number of aromatic nitrogens is 5. The average Bonchev–Trinajstić information content (AvgIpc) is 3.39. The van der Waals surface area contributed by atoms with Gasteiger partial charge in [-0.05, 0) is 35.4 Å². The molecule has 2 aliphatic rings. The standard InChI is InChI=1S/C17H23N7O2S/c25-16(23-9-7-22(8-10-23)15-5-1-2-6-18-15)13-27-17-19-20-21-24(17)12-14-4-3-11-26-14/h1-2,5-6,14H,3-4,7-13H2/t14-/m0/s1. The summed E-state index contributed by atoms with van der Waals surface area (Å²) in [6, 6.07) is 5.89. The summed E-state index contributed by atoms with van der Waals surface area (Å²) in [5, 5.41) is 12.5. The minimum atomic E-state index is 0.118. The Kier molecular flexibility index (Phi) is 5.83. The van der Waals surface area contributed by atoms with Crippen LogP contribution in [0.5, 0.6) is 0 Å². The molecule has 1 atom stereocenters. The van der Waals surface area contributed by atoms with Gasteiger partial charge in [0.2, 0.25) is 11.1 Å². The molecule has 2 aliphatic heterocycles. The molecule has 1 amide bonds. The van der Waals surface area contributed by atoms with Crippen LogP contribution >= 0.6 is 11.8 Å². The van der Waals surface area contributed by atoms with Gasteiger partial charge >= 0.3 is 0 Å². The minimum Gasteiger partial charge on any atom is -0.376 e. The Balaban J connectivity index is 1.25. The van der Waals surface area contributed by atoms with Crippen molar-refractivity contribution in [3.8, 4) is 0 Å². The lowest BCUT2D eigenvalue weighted by Crippen LogP contribution is -2.49. The van der Waals surface area contributed by atoms with Crippen molar-refractivity contribution in [3.63, 3.8) is 0 Å². The normalized spacial score (nSPS) is 20.2. The molecule has 2 fully saturated rings. The summed E-state index contributed by atoms with van der Waals surface area (Å²) in [7, 11) is 0. The highest BCUT2D eigenvalue weighted by atomic mass is 32.2. The zero-order valence-corrected chi connectivity index (χ0v) is 15.9. The smallest absolute Gasteiger partial charge is 0.233 e. The Morgan fingerprint density at radius 1 is 1.26 bits per heavy atom. The zero-order chi connectivity index (χ0) is 18.5. The van der Waals surface area contributed by atoms with E-state index in [0.717, 1.165) is 38.4 Å². The molecule has 144 valence electrons. The van der Waals surface area contributed by atoms with E-state index in [0.29, 0.717) is 30.5 Å². The lowest BCUT2D eigenvalue weighted by Gasteiger charge is -2.35. The second-order valence-corrected chi connectivity index (χ2v) is 7.57. The molecule has 27 heavy (non-hydrogen) atoms. The summed E-state index contributed by atoms with van der Waals surface area (Å²) in [4.78, 5) is 21.0. The number of hydrogen-bond donors (Lipinski definition) is 0. The second kappa shape index (κ2) is 8.66. The van der Waals surface area contributed by atoms with Crippen molar-refractivity contribution in [1.82, 2.24) is 30.1 Å². The van der Waals surface area contributed by atoms with E-state index in [-0.39, 0.29) is 12.0 Å². The van der Waals surface area contributed by atoms with Crippen molar-refractivity contribution < 1.29 is 9.53 Å². The summed E-state index contributed by atoms with van der Waals surface area (Å²) >= 11 is 1.39. The molecule has 2 saturated heterocycles. The summed E-state index contributed by atoms with van der Waals surface area (Å²) in [6.07, 6.45) is 4.08. The van der Waals surface area contributed by atoms with Gasteiger partial charge in [0.15, 0.2) is 0 Å². The molecule has 0 aliphatic carbocycles. The van der Waals surface area contributed by atoms with Crippen molar-refractivity contribution in [2.24, 2.45) is 0 Å². The molecule has 0 bridgehead atoms. The van der Waals surface area contributed by atoms with Crippen molar-refractivity contribution in [2.45, 2.75) is 30.6 Å². The van der Waals surface area contributed by atoms with Crippen LogP contribution in [-0.2, 0) is 16.1 Å². The Hall–Kier alpha value is -2.20. The van der Waals surface area contributed by atoms with E-state index < -0.39 is 0 Å². The van der Waals surface area contributed by atoms with Crippen LogP contribution in [0.1, 0.15) is 12.8 Å². The van der Waals surface area contributed by atoms with Gasteiger partial charge in [0.25, 0.3) is 0 Å². The van der Waals surface area contributed by atoms with Crippen molar-refractivity contribution in [3.05, 3.63) is 24.4 Å². The van der Waals surface area contributed by atoms with Crippen LogP contribution in [0.25, 0.3) is 0 Å². The number of amides is 1. The van der Waals surface area contributed by atoms with E-state index in [1.165, 1.54) is 11.8 Å². The first kappa shape index (κ1) is 18.2. The zero-order valence-electron chi connectivity index (χ0n) is 15.1. The molecule has 0 unspecified atom stereocenters. The molecule has 0 aromatic carbocycles. The van der Waals surface area contributed by atoms with E-state index in [1.54, 1.807) is 10.9 Å². The van der Waals surface area contributed by atoms with E-state index in [9.17, 15) is 4.79 Å². The number of pyridine rings is 1. The number of tetrazole rings is 1. The molecule has 2 aromatic rings. The molecule has 9 nitrogen and oxygen atoms in total. The lowest BCUT2D eigenvalue weighted by molar-refractivity contribution is -0.128. The van der Waals surface area contributed by atoms with Gasteiger partial charge in [-0.1, -0.05) is 17.8 Å². The third kappa shape index (κ3) is 4.56. The predicted octanol–water partition coefficient (Wildman–Crippen LogP) is 0.688. The van der Waals surface area contributed by atoms with Crippen LogP contribution in [0.15, 0.2) is 29.6 Å². The van der Waals surface area contributed by atoms with Crippen LogP contribution < -0.4 is 4.90 Å². The fraction of sp³-hybridized carbons (Fsp3) is 0.588. The third-order valence-electron chi connectivity index (χ3n) is 4.83. The van der Waals surface area contributed by atoms with Gasteiger partial charge in [0.1, 0.15) is 5.82 Å². The van der Waals surface area contributed by atoms with Crippen LogP contribution in [-0.4, -0.2) is 80.6 Å². The largest absolute Gasteiger partial charge is 0.376 e. The first-order chi connectivity index (χ1) is 13.3. The number of carbonyl (C=O) groups is 1. The van der Waals surface area contributed by atoms with Crippen LogP contribution in [0.2, 0.25) is 0 Å². The Morgan fingerprint density at radius 3 is 2.89 bits per heavy atom. The summed E-state index contributed by atoms with van der Waals surface area (Å²) in [5.41, 5.74) is 0. The number of thioether (sulfide) groups is 1. The number of hydrogen-bond acceptors (Lipinski definition) is 8. The van der Waals surface area contributed by atoms with Crippen LogP contribution in [0.3, 0.4) is 0 Å². The average molecular weight is 389 g/mol. The third-order valence-corrected chi connectivity index (χ3v) is 5.77. The second-order valence-electron chi connectivity index (χ2n) is 6.62. The number of ether oxygens (including phenoxy) is 1. The van der Waals surface area contributed by atoms with Crippen LogP contribution in [0.4, 0.5) is 5.82 Å². The fourth-order valence-corrected chi connectivity index (χ4v) is 4.13. The molecule has 0 radical (unpaired) electrons. The lowest BCUT2D eigenvalue weighted by atomic mass is 10.2. The highest BCUT2D eigenvalue weighted by molar-refractivity contribution is 7.99. The number of carbonyl (C=O) groups excluding carboxylic acids is 1. The van der Waals surface area contributed by atoms with Gasteiger partial charge in [-0.3, -0.25) is 4.79 Å². The molecule has 4 heterocycles. The van der Waals surface area contributed by atoms with Gasteiger partial charge in [-0.25, -0.2) is 9.67 Å². The Labute approximate surface area is 162 Å². The monoisotopic (exact) mass is 389 g/mol. The van der Waals surface area contributed by atoms with Crippen molar-refractivity contribution >= 4 is 23.5 Å². The van der Waals surface area contributed by atoms with Crippen LogP contribution in [0, 0.1) is 0 Å². The number of anilines is 1. The van der Waals surface area contributed by atoms with Gasteiger partial charge in [-0.2, -0.15) is 0 Å². The molecule has 2 aromatic heterocycles. The number of nitrogens with zero attached hydrogens (tertiary/aromatic N) is 7. The van der Waals surface area contributed by atoms with E-state index in [2.05, 4.69) is 25.4 Å². The number of rotatable bonds is 6. The number of piperazine rings is 1. The highest BCUT2D eigenvalue weighted by Gasteiger charge is 2.23. The maximum absolute atomic E-state index is 12.6.